The summed E-state index contributed by atoms with van der Waals surface area (Å²) in [7, 11) is 2.02. The Labute approximate surface area is 119 Å². The first-order valence-electron chi connectivity index (χ1n) is 6.71. The first-order valence-corrected chi connectivity index (χ1v) is 7.08. The van der Waals surface area contributed by atoms with Gasteiger partial charge in [-0.05, 0) is 44.5 Å². The molecule has 1 N–H and O–H groups in total. The highest BCUT2D eigenvalue weighted by molar-refractivity contribution is 6.30. The predicted octanol–water partition coefficient (Wildman–Crippen LogP) is 3.59. The molecule has 0 spiro atoms. The SMILES string of the molecule is CC(c1ccc(Cl)cc1)N(C)C1CCCC1C(=O)O. The molecule has 1 aromatic carbocycles. The zero-order valence-electron chi connectivity index (χ0n) is 11.3. The fourth-order valence-electron chi connectivity index (χ4n) is 2.98. The van der Waals surface area contributed by atoms with Crippen molar-refractivity contribution in [1.82, 2.24) is 4.90 Å². The Bertz CT molecular complexity index is 446. The molecule has 1 aliphatic rings. The number of benzene rings is 1. The van der Waals surface area contributed by atoms with Crippen molar-refractivity contribution in [1.29, 1.82) is 0 Å². The lowest BCUT2D eigenvalue weighted by molar-refractivity contribution is -0.143. The summed E-state index contributed by atoms with van der Waals surface area (Å²) in [5, 5.41) is 10.0. The molecule has 3 atom stereocenters. The van der Waals surface area contributed by atoms with E-state index in [1.54, 1.807) is 0 Å². The fraction of sp³-hybridized carbons (Fsp3) is 0.533. The maximum absolute atomic E-state index is 11.3. The quantitative estimate of drug-likeness (QED) is 0.917. The Balaban J connectivity index is 2.12. The second-order valence-electron chi connectivity index (χ2n) is 5.34. The lowest BCUT2D eigenvalue weighted by Crippen LogP contribution is -2.39. The van der Waals surface area contributed by atoms with Crippen molar-refractivity contribution < 1.29 is 9.90 Å². The third kappa shape index (κ3) is 3.10. The van der Waals surface area contributed by atoms with Crippen molar-refractivity contribution in [2.75, 3.05) is 7.05 Å². The van der Waals surface area contributed by atoms with Gasteiger partial charge in [0, 0.05) is 17.1 Å². The van der Waals surface area contributed by atoms with Gasteiger partial charge in [-0.2, -0.15) is 0 Å². The summed E-state index contributed by atoms with van der Waals surface area (Å²) >= 11 is 5.90. The van der Waals surface area contributed by atoms with Crippen molar-refractivity contribution in [2.45, 2.75) is 38.3 Å². The van der Waals surface area contributed by atoms with Crippen LogP contribution in [0.5, 0.6) is 0 Å². The summed E-state index contributed by atoms with van der Waals surface area (Å²) in [6, 6.07) is 8.10. The maximum Gasteiger partial charge on any atom is 0.308 e. The number of hydrogen-bond acceptors (Lipinski definition) is 2. The molecule has 3 nitrogen and oxygen atoms in total. The standard InChI is InChI=1S/C15H20ClNO2/c1-10(11-6-8-12(16)9-7-11)17(2)14-5-3-4-13(14)15(18)19/h6-10,13-14H,3-5H2,1-2H3,(H,18,19). The molecule has 0 heterocycles. The summed E-state index contributed by atoms with van der Waals surface area (Å²) in [6.07, 6.45) is 2.75. The molecule has 3 unspecified atom stereocenters. The van der Waals surface area contributed by atoms with Crippen molar-refractivity contribution in [3.8, 4) is 0 Å². The molecule has 4 heteroatoms. The number of aliphatic carboxylic acids is 1. The fourth-order valence-corrected chi connectivity index (χ4v) is 3.11. The van der Waals surface area contributed by atoms with Crippen LogP contribution in [0.25, 0.3) is 0 Å². The van der Waals surface area contributed by atoms with E-state index in [0.717, 1.165) is 24.3 Å². The topological polar surface area (TPSA) is 40.5 Å². The molecule has 1 saturated carbocycles. The van der Waals surface area contributed by atoms with Crippen LogP contribution in [-0.2, 0) is 4.79 Å². The third-order valence-electron chi connectivity index (χ3n) is 4.28. The van der Waals surface area contributed by atoms with Crippen LogP contribution in [0.4, 0.5) is 0 Å². The third-order valence-corrected chi connectivity index (χ3v) is 4.54. The van der Waals surface area contributed by atoms with Gasteiger partial charge in [-0.1, -0.05) is 30.2 Å². The van der Waals surface area contributed by atoms with Gasteiger partial charge in [0.15, 0.2) is 0 Å². The van der Waals surface area contributed by atoms with E-state index in [-0.39, 0.29) is 18.0 Å². The highest BCUT2D eigenvalue weighted by Crippen LogP contribution is 2.34. The van der Waals surface area contributed by atoms with Gasteiger partial charge in [0.1, 0.15) is 0 Å². The summed E-state index contributed by atoms with van der Waals surface area (Å²) in [5.74, 6) is -0.905. The van der Waals surface area contributed by atoms with Gasteiger partial charge in [-0.25, -0.2) is 0 Å². The molecule has 19 heavy (non-hydrogen) atoms. The highest BCUT2D eigenvalue weighted by Gasteiger charge is 2.37. The lowest BCUT2D eigenvalue weighted by Gasteiger charge is -2.33. The van der Waals surface area contributed by atoms with Crippen LogP contribution < -0.4 is 0 Å². The van der Waals surface area contributed by atoms with E-state index in [0.29, 0.717) is 0 Å². The molecule has 1 aliphatic carbocycles. The number of carboxylic acid groups (broad SMARTS) is 1. The normalized spacial score (nSPS) is 24.6. The predicted molar refractivity (Wildman–Crippen MR) is 76.4 cm³/mol. The number of hydrogen-bond donors (Lipinski definition) is 1. The molecule has 2 rings (SSSR count). The van der Waals surface area contributed by atoms with Crippen LogP contribution in [0.3, 0.4) is 0 Å². The van der Waals surface area contributed by atoms with Crippen molar-refractivity contribution >= 4 is 17.6 Å². The van der Waals surface area contributed by atoms with Gasteiger partial charge in [-0.3, -0.25) is 9.69 Å². The van der Waals surface area contributed by atoms with Crippen LogP contribution in [0.2, 0.25) is 5.02 Å². The Hall–Kier alpha value is -1.06. The van der Waals surface area contributed by atoms with E-state index in [2.05, 4.69) is 11.8 Å². The molecule has 1 fully saturated rings. The highest BCUT2D eigenvalue weighted by atomic mass is 35.5. The first kappa shape index (κ1) is 14.4. The average Bonchev–Trinajstić information content (AvgIpc) is 2.87. The second-order valence-corrected chi connectivity index (χ2v) is 5.77. The zero-order valence-corrected chi connectivity index (χ0v) is 12.1. The summed E-state index contributed by atoms with van der Waals surface area (Å²) in [6.45, 7) is 2.11. The first-order chi connectivity index (χ1) is 9.00. The van der Waals surface area contributed by atoms with Gasteiger partial charge < -0.3 is 5.11 Å². The molecule has 0 aromatic heterocycles. The van der Waals surface area contributed by atoms with Gasteiger partial charge in [0.2, 0.25) is 0 Å². The molecule has 0 radical (unpaired) electrons. The van der Waals surface area contributed by atoms with Crippen molar-refractivity contribution in [3.63, 3.8) is 0 Å². The van der Waals surface area contributed by atoms with E-state index in [1.807, 2.05) is 31.3 Å². The van der Waals surface area contributed by atoms with Gasteiger partial charge in [-0.15, -0.1) is 0 Å². The van der Waals surface area contributed by atoms with Crippen molar-refractivity contribution in [3.05, 3.63) is 34.9 Å². The van der Waals surface area contributed by atoms with E-state index in [4.69, 9.17) is 11.6 Å². The molecular formula is C15H20ClNO2. The zero-order chi connectivity index (χ0) is 14.0. The minimum absolute atomic E-state index is 0.128. The Morgan fingerprint density at radius 3 is 2.58 bits per heavy atom. The lowest BCUT2D eigenvalue weighted by atomic mass is 9.99. The van der Waals surface area contributed by atoms with E-state index < -0.39 is 5.97 Å². The van der Waals surface area contributed by atoms with Crippen LogP contribution >= 0.6 is 11.6 Å². The van der Waals surface area contributed by atoms with E-state index >= 15 is 0 Å². The van der Waals surface area contributed by atoms with Crippen LogP contribution in [-0.4, -0.2) is 29.1 Å². The monoisotopic (exact) mass is 281 g/mol. The average molecular weight is 282 g/mol. The van der Waals surface area contributed by atoms with Crippen LogP contribution in [0, 0.1) is 5.92 Å². The Morgan fingerprint density at radius 1 is 1.37 bits per heavy atom. The van der Waals surface area contributed by atoms with Gasteiger partial charge in [0.05, 0.1) is 5.92 Å². The second kappa shape index (κ2) is 5.93. The molecule has 104 valence electrons. The largest absolute Gasteiger partial charge is 0.481 e. The Kier molecular flexibility index (Phi) is 4.48. The number of carboxylic acids is 1. The summed E-state index contributed by atoms with van der Waals surface area (Å²) < 4.78 is 0. The number of halogens is 1. The maximum atomic E-state index is 11.3. The molecule has 0 saturated heterocycles. The summed E-state index contributed by atoms with van der Waals surface area (Å²) in [4.78, 5) is 13.5. The molecular weight excluding hydrogens is 262 g/mol. The summed E-state index contributed by atoms with van der Waals surface area (Å²) in [5.41, 5.74) is 1.17. The Morgan fingerprint density at radius 2 is 2.00 bits per heavy atom. The number of carbonyl (C=O) groups is 1. The minimum atomic E-state index is -0.669. The molecule has 1 aromatic rings. The van der Waals surface area contributed by atoms with E-state index in [1.165, 1.54) is 5.56 Å². The van der Waals surface area contributed by atoms with E-state index in [9.17, 15) is 9.90 Å². The molecule has 0 aliphatic heterocycles. The van der Waals surface area contributed by atoms with Crippen LogP contribution in [0.15, 0.2) is 24.3 Å². The van der Waals surface area contributed by atoms with Crippen molar-refractivity contribution in [2.24, 2.45) is 5.92 Å². The smallest absolute Gasteiger partial charge is 0.308 e. The number of rotatable bonds is 4. The minimum Gasteiger partial charge on any atom is -0.481 e. The number of nitrogens with zero attached hydrogens (tertiary/aromatic N) is 1. The van der Waals surface area contributed by atoms with Gasteiger partial charge in [0.25, 0.3) is 0 Å². The molecule has 0 amide bonds. The molecule has 0 bridgehead atoms. The van der Waals surface area contributed by atoms with Gasteiger partial charge >= 0.3 is 5.97 Å². The van der Waals surface area contributed by atoms with Crippen LogP contribution in [0.1, 0.15) is 37.8 Å².